The Morgan fingerprint density at radius 1 is 1.10 bits per heavy atom. The Kier molecular flexibility index (Phi) is 5.21. The molecule has 5 nitrogen and oxygen atoms in total. The molecule has 0 fully saturated rings. The van der Waals surface area contributed by atoms with Crippen molar-refractivity contribution in [2.75, 3.05) is 10.6 Å². The number of benzene rings is 2. The Bertz CT molecular complexity index is 1090. The number of anilines is 2. The van der Waals surface area contributed by atoms with Gasteiger partial charge in [-0.3, -0.25) is 9.78 Å². The Hall–Kier alpha value is -3.34. The minimum atomic E-state index is -0.335. The molecule has 1 aliphatic heterocycles. The molecule has 160 valence electrons. The summed E-state index contributed by atoms with van der Waals surface area (Å²) in [6.07, 6.45) is 2.55. The zero-order chi connectivity index (χ0) is 22.2. The SMILES string of the molecule is CC(=O)N1c2ccc(N)cc2C(C)(c2ccc(OCc3ccccn3)cc2)CC1(C)C. The number of carbonyl (C=O) groups excluding carboxylic acids is 1. The van der Waals surface area contributed by atoms with Gasteiger partial charge in [-0.15, -0.1) is 0 Å². The summed E-state index contributed by atoms with van der Waals surface area (Å²) in [4.78, 5) is 18.7. The number of carbonyl (C=O) groups is 1. The van der Waals surface area contributed by atoms with Crippen LogP contribution in [0.1, 0.15) is 50.9 Å². The van der Waals surface area contributed by atoms with Gasteiger partial charge in [0.05, 0.1) is 5.69 Å². The first kappa shape index (κ1) is 20.9. The lowest BCUT2D eigenvalue weighted by Gasteiger charge is -2.51. The van der Waals surface area contributed by atoms with Crippen molar-refractivity contribution in [2.24, 2.45) is 0 Å². The molecule has 0 saturated carbocycles. The maximum Gasteiger partial charge on any atom is 0.224 e. The molecule has 0 spiro atoms. The van der Waals surface area contributed by atoms with Crippen LogP contribution in [0.5, 0.6) is 5.75 Å². The van der Waals surface area contributed by atoms with Crippen LogP contribution in [0, 0.1) is 0 Å². The molecule has 1 amide bonds. The van der Waals surface area contributed by atoms with Crippen LogP contribution in [-0.4, -0.2) is 16.4 Å². The van der Waals surface area contributed by atoms with E-state index in [1.165, 1.54) is 5.56 Å². The van der Waals surface area contributed by atoms with Crippen LogP contribution >= 0.6 is 0 Å². The first-order valence-electron chi connectivity index (χ1n) is 10.5. The lowest BCUT2D eigenvalue weighted by atomic mass is 9.65. The topological polar surface area (TPSA) is 68.5 Å². The molecular formula is C26H29N3O2. The first-order valence-corrected chi connectivity index (χ1v) is 10.5. The molecule has 1 aliphatic rings. The van der Waals surface area contributed by atoms with Crippen molar-refractivity contribution in [3.63, 3.8) is 0 Å². The van der Waals surface area contributed by atoms with Gasteiger partial charge in [-0.05, 0) is 73.9 Å². The van der Waals surface area contributed by atoms with Crippen LogP contribution in [-0.2, 0) is 16.8 Å². The van der Waals surface area contributed by atoms with E-state index in [0.29, 0.717) is 12.3 Å². The van der Waals surface area contributed by atoms with E-state index in [1.54, 1.807) is 13.1 Å². The van der Waals surface area contributed by atoms with Crippen LogP contribution < -0.4 is 15.4 Å². The fourth-order valence-electron chi connectivity index (χ4n) is 4.97. The third-order valence-electron chi connectivity index (χ3n) is 6.17. The maximum absolute atomic E-state index is 12.5. The predicted molar refractivity (Wildman–Crippen MR) is 124 cm³/mol. The van der Waals surface area contributed by atoms with Gasteiger partial charge in [0.15, 0.2) is 0 Å². The van der Waals surface area contributed by atoms with Gasteiger partial charge in [-0.25, -0.2) is 0 Å². The smallest absolute Gasteiger partial charge is 0.224 e. The van der Waals surface area contributed by atoms with E-state index in [0.717, 1.165) is 29.1 Å². The molecule has 3 aromatic rings. The van der Waals surface area contributed by atoms with Crippen molar-refractivity contribution < 1.29 is 9.53 Å². The van der Waals surface area contributed by atoms with E-state index in [2.05, 4.69) is 37.9 Å². The summed E-state index contributed by atoms with van der Waals surface area (Å²) in [7, 11) is 0. The van der Waals surface area contributed by atoms with Gasteiger partial charge in [0.25, 0.3) is 0 Å². The van der Waals surface area contributed by atoms with Gasteiger partial charge < -0.3 is 15.4 Å². The van der Waals surface area contributed by atoms with Crippen molar-refractivity contribution in [3.8, 4) is 5.75 Å². The second-order valence-electron chi connectivity index (χ2n) is 9.09. The summed E-state index contributed by atoms with van der Waals surface area (Å²) in [6, 6.07) is 19.9. The first-order chi connectivity index (χ1) is 14.7. The van der Waals surface area contributed by atoms with Gasteiger partial charge in [-0.2, -0.15) is 0 Å². The van der Waals surface area contributed by atoms with Gasteiger partial charge in [-0.1, -0.05) is 25.1 Å². The summed E-state index contributed by atoms with van der Waals surface area (Å²) in [5, 5.41) is 0. The molecule has 0 aliphatic carbocycles. The molecule has 0 bridgehead atoms. The summed E-state index contributed by atoms with van der Waals surface area (Å²) in [5.74, 6) is 0.836. The van der Waals surface area contributed by atoms with Gasteiger partial charge >= 0.3 is 0 Å². The Balaban J connectivity index is 1.68. The average molecular weight is 416 g/mol. The molecule has 2 heterocycles. The quantitative estimate of drug-likeness (QED) is 0.603. The number of nitrogens with two attached hydrogens (primary N) is 1. The molecule has 1 aromatic heterocycles. The van der Waals surface area contributed by atoms with E-state index in [9.17, 15) is 4.79 Å². The number of rotatable bonds is 4. The Morgan fingerprint density at radius 2 is 1.84 bits per heavy atom. The normalized spacial score (nSPS) is 19.5. The third-order valence-corrected chi connectivity index (χ3v) is 6.17. The number of amides is 1. The lowest BCUT2D eigenvalue weighted by molar-refractivity contribution is -0.117. The van der Waals surface area contributed by atoms with E-state index < -0.39 is 0 Å². The van der Waals surface area contributed by atoms with Crippen LogP contribution in [0.3, 0.4) is 0 Å². The number of hydrogen-bond donors (Lipinski definition) is 1. The van der Waals surface area contributed by atoms with Crippen molar-refractivity contribution in [3.05, 3.63) is 83.7 Å². The zero-order valence-corrected chi connectivity index (χ0v) is 18.6. The van der Waals surface area contributed by atoms with Crippen molar-refractivity contribution in [1.29, 1.82) is 0 Å². The van der Waals surface area contributed by atoms with Gasteiger partial charge in [0.2, 0.25) is 5.91 Å². The van der Waals surface area contributed by atoms with Crippen molar-refractivity contribution in [1.82, 2.24) is 4.98 Å². The van der Waals surface area contributed by atoms with Gasteiger partial charge in [0, 0.05) is 35.4 Å². The highest BCUT2D eigenvalue weighted by Gasteiger charge is 2.47. The second kappa shape index (κ2) is 7.73. The van der Waals surface area contributed by atoms with E-state index in [-0.39, 0.29) is 16.9 Å². The van der Waals surface area contributed by atoms with E-state index >= 15 is 0 Å². The minimum absolute atomic E-state index is 0.0383. The Morgan fingerprint density at radius 3 is 2.48 bits per heavy atom. The average Bonchev–Trinajstić information content (AvgIpc) is 2.73. The number of ether oxygens (including phenoxy) is 1. The molecule has 1 atom stereocenters. The van der Waals surface area contributed by atoms with Crippen molar-refractivity contribution >= 4 is 17.3 Å². The summed E-state index contributed by atoms with van der Waals surface area (Å²) < 4.78 is 5.91. The molecule has 4 rings (SSSR count). The zero-order valence-electron chi connectivity index (χ0n) is 18.6. The van der Waals surface area contributed by atoms with Gasteiger partial charge in [0.1, 0.15) is 12.4 Å². The van der Waals surface area contributed by atoms with Crippen LogP contribution in [0.15, 0.2) is 66.9 Å². The molecule has 2 aromatic carbocycles. The number of nitrogen functional groups attached to an aromatic ring is 1. The summed E-state index contributed by atoms with van der Waals surface area (Å²) in [6.45, 7) is 8.52. The standard InChI is InChI=1S/C26H29N3O2/c1-18(30)29-24-13-10-20(27)15-23(24)26(4,17-25(29,2)3)19-8-11-22(12-9-19)31-16-21-7-5-6-14-28-21/h5-15H,16-17,27H2,1-4H3. The molecular weight excluding hydrogens is 386 g/mol. The molecule has 31 heavy (non-hydrogen) atoms. The largest absolute Gasteiger partial charge is 0.487 e. The number of fused-ring (bicyclic) bond motifs is 1. The van der Waals surface area contributed by atoms with E-state index in [1.807, 2.05) is 53.4 Å². The van der Waals surface area contributed by atoms with Crippen LogP contribution in [0.4, 0.5) is 11.4 Å². The third kappa shape index (κ3) is 3.88. The number of pyridine rings is 1. The fraction of sp³-hybridized carbons (Fsp3) is 0.308. The molecule has 0 saturated heterocycles. The Labute approximate surface area is 183 Å². The highest BCUT2D eigenvalue weighted by atomic mass is 16.5. The molecule has 0 radical (unpaired) electrons. The lowest BCUT2D eigenvalue weighted by Crippen LogP contribution is -2.55. The molecule has 2 N–H and O–H groups in total. The maximum atomic E-state index is 12.5. The highest BCUT2D eigenvalue weighted by molar-refractivity contribution is 5.95. The number of aromatic nitrogens is 1. The van der Waals surface area contributed by atoms with Crippen LogP contribution in [0.25, 0.3) is 0 Å². The minimum Gasteiger partial charge on any atom is -0.487 e. The predicted octanol–water partition coefficient (Wildman–Crippen LogP) is 5.08. The van der Waals surface area contributed by atoms with E-state index in [4.69, 9.17) is 10.5 Å². The molecule has 5 heteroatoms. The van der Waals surface area contributed by atoms with Crippen molar-refractivity contribution in [2.45, 2.75) is 51.7 Å². The molecule has 1 unspecified atom stereocenters. The van der Waals surface area contributed by atoms with Crippen LogP contribution in [0.2, 0.25) is 0 Å². The summed E-state index contributed by atoms with van der Waals surface area (Å²) >= 11 is 0. The number of nitrogens with zero attached hydrogens (tertiary/aromatic N) is 2. The summed E-state index contributed by atoms with van der Waals surface area (Å²) in [5.41, 5.74) is 10.3. The highest BCUT2D eigenvalue weighted by Crippen LogP contribution is 2.51. The second-order valence-corrected chi connectivity index (χ2v) is 9.09. The number of hydrogen-bond acceptors (Lipinski definition) is 4. The fourth-order valence-corrected chi connectivity index (χ4v) is 4.97. The monoisotopic (exact) mass is 415 g/mol.